The van der Waals surface area contributed by atoms with Gasteiger partial charge in [0.05, 0.1) is 19.0 Å². The van der Waals surface area contributed by atoms with Gasteiger partial charge in [-0.05, 0) is 59.4 Å². The predicted molar refractivity (Wildman–Crippen MR) is 124 cm³/mol. The van der Waals surface area contributed by atoms with Gasteiger partial charge in [-0.2, -0.15) is 11.8 Å². The average Bonchev–Trinajstić information content (AvgIpc) is 3.30. The third-order valence-corrected chi connectivity index (χ3v) is 5.50. The van der Waals surface area contributed by atoms with Crippen LogP contribution in [0.3, 0.4) is 0 Å². The van der Waals surface area contributed by atoms with Crippen LogP contribution < -0.4 is 5.32 Å². The number of allylic oxidation sites excluding steroid dienone is 1. The molecule has 0 aliphatic carbocycles. The standard InChI is InChI=1S/C24H26FN3O2S/c1-31-14-10-21(16-29)27-24(30)22-9-4-18(3-2-12-28-13-11-26-17-28)15-23(22)19-5-7-20(25)8-6-19/h2-9,11,13,15,17,21,29H,10,12,14,16H2,1H3,(H,27,30)/b3-2+/t21-/m0/s1. The van der Waals surface area contributed by atoms with E-state index in [1.165, 1.54) is 12.1 Å². The van der Waals surface area contributed by atoms with E-state index in [1.807, 2.05) is 41.3 Å². The Balaban J connectivity index is 1.87. The highest BCUT2D eigenvalue weighted by Crippen LogP contribution is 2.26. The van der Waals surface area contributed by atoms with Crippen LogP contribution in [0.1, 0.15) is 22.3 Å². The molecule has 0 unspecified atom stereocenters. The maximum absolute atomic E-state index is 13.5. The lowest BCUT2D eigenvalue weighted by molar-refractivity contribution is 0.0916. The van der Waals surface area contributed by atoms with Gasteiger partial charge >= 0.3 is 0 Å². The molecule has 7 heteroatoms. The van der Waals surface area contributed by atoms with E-state index in [9.17, 15) is 14.3 Å². The Bertz CT molecular complexity index is 1000. The highest BCUT2D eigenvalue weighted by atomic mass is 32.2. The van der Waals surface area contributed by atoms with E-state index < -0.39 is 0 Å². The second kappa shape index (κ2) is 11.5. The van der Waals surface area contributed by atoms with Gasteiger partial charge in [0.15, 0.2) is 0 Å². The Labute approximate surface area is 186 Å². The van der Waals surface area contributed by atoms with Crippen molar-refractivity contribution in [3.8, 4) is 11.1 Å². The van der Waals surface area contributed by atoms with Crippen LogP contribution in [0.15, 0.2) is 67.3 Å². The molecule has 0 saturated heterocycles. The topological polar surface area (TPSA) is 67.2 Å². The number of aromatic nitrogens is 2. The molecule has 3 aromatic rings. The molecule has 1 atom stereocenters. The first-order chi connectivity index (χ1) is 15.1. The number of rotatable bonds is 10. The Morgan fingerprint density at radius 1 is 1.29 bits per heavy atom. The Morgan fingerprint density at radius 3 is 2.77 bits per heavy atom. The molecule has 0 saturated carbocycles. The van der Waals surface area contributed by atoms with Crippen LogP contribution in [0.4, 0.5) is 4.39 Å². The zero-order valence-corrected chi connectivity index (χ0v) is 18.2. The van der Waals surface area contributed by atoms with Crippen LogP contribution in [0.5, 0.6) is 0 Å². The number of hydrogen-bond donors (Lipinski definition) is 2. The number of nitrogens with one attached hydrogen (secondary N) is 1. The van der Waals surface area contributed by atoms with Gasteiger partial charge in [0.1, 0.15) is 5.82 Å². The van der Waals surface area contributed by atoms with E-state index in [0.717, 1.165) is 16.9 Å². The van der Waals surface area contributed by atoms with Crippen LogP contribution in [0.25, 0.3) is 17.2 Å². The number of benzene rings is 2. The zero-order valence-electron chi connectivity index (χ0n) is 17.4. The fraction of sp³-hybridized carbons (Fsp3) is 0.250. The molecule has 5 nitrogen and oxygen atoms in total. The van der Waals surface area contributed by atoms with Crippen molar-refractivity contribution in [2.75, 3.05) is 18.6 Å². The highest BCUT2D eigenvalue weighted by Gasteiger charge is 2.17. The van der Waals surface area contributed by atoms with Crippen LogP contribution in [-0.2, 0) is 6.54 Å². The maximum atomic E-state index is 13.5. The van der Waals surface area contributed by atoms with Crippen molar-refractivity contribution in [1.82, 2.24) is 14.9 Å². The molecule has 0 spiro atoms. The van der Waals surface area contributed by atoms with E-state index in [1.54, 1.807) is 42.5 Å². The molecule has 0 aliphatic heterocycles. The quantitative estimate of drug-likeness (QED) is 0.496. The van der Waals surface area contributed by atoms with Gasteiger partial charge in [0.25, 0.3) is 5.91 Å². The van der Waals surface area contributed by atoms with E-state index in [2.05, 4.69) is 10.3 Å². The fourth-order valence-corrected chi connectivity index (χ4v) is 3.69. The van der Waals surface area contributed by atoms with Crippen LogP contribution in [0.2, 0.25) is 0 Å². The van der Waals surface area contributed by atoms with Gasteiger partial charge in [0.2, 0.25) is 0 Å². The Kier molecular flexibility index (Phi) is 8.44. The number of carbonyl (C=O) groups excluding carboxylic acids is 1. The minimum absolute atomic E-state index is 0.118. The average molecular weight is 440 g/mol. The first kappa shape index (κ1) is 22.8. The van der Waals surface area contributed by atoms with Crippen molar-refractivity contribution >= 4 is 23.7 Å². The predicted octanol–water partition coefficient (Wildman–Crippen LogP) is 4.25. The summed E-state index contributed by atoms with van der Waals surface area (Å²) in [6, 6.07) is 11.4. The minimum atomic E-state index is -0.330. The summed E-state index contributed by atoms with van der Waals surface area (Å²) in [7, 11) is 0. The van der Waals surface area contributed by atoms with Crippen molar-refractivity contribution < 1.29 is 14.3 Å². The van der Waals surface area contributed by atoms with Crippen molar-refractivity contribution in [1.29, 1.82) is 0 Å². The summed E-state index contributed by atoms with van der Waals surface area (Å²) in [5.74, 6) is 0.258. The van der Waals surface area contributed by atoms with Crippen molar-refractivity contribution in [2.24, 2.45) is 0 Å². The summed E-state index contributed by atoms with van der Waals surface area (Å²) in [5, 5.41) is 12.5. The van der Waals surface area contributed by atoms with E-state index in [0.29, 0.717) is 24.1 Å². The van der Waals surface area contributed by atoms with E-state index in [4.69, 9.17) is 0 Å². The number of thioether (sulfide) groups is 1. The van der Waals surface area contributed by atoms with Gasteiger partial charge in [-0.15, -0.1) is 0 Å². The van der Waals surface area contributed by atoms with Crippen LogP contribution in [-0.4, -0.2) is 45.2 Å². The smallest absolute Gasteiger partial charge is 0.252 e. The SMILES string of the molecule is CSCC[C@@H](CO)NC(=O)c1ccc(/C=C/Cn2ccnc2)cc1-c1ccc(F)cc1. The molecule has 31 heavy (non-hydrogen) atoms. The van der Waals surface area contributed by atoms with Gasteiger partial charge in [0, 0.05) is 24.5 Å². The molecule has 1 aromatic heterocycles. The molecule has 162 valence electrons. The lowest BCUT2D eigenvalue weighted by atomic mass is 9.96. The second-order valence-corrected chi connectivity index (χ2v) is 8.09. The molecule has 1 heterocycles. The molecule has 2 N–H and O–H groups in total. The molecular formula is C24H26FN3O2S. The van der Waals surface area contributed by atoms with Gasteiger partial charge in [-0.3, -0.25) is 4.79 Å². The number of aliphatic hydroxyl groups is 1. The van der Waals surface area contributed by atoms with Gasteiger partial charge < -0.3 is 15.0 Å². The van der Waals surface area contributed by atoms with Crippen LogP contribution >= 0.6 is 11.8 Å². The third-order valence-electron chi connectivity index (χ3n) is 4.86. The molecule has 1 amide bonds. The lowest BCUT2D eigenvalue weighted by Crippen LogP contribution is -2.38. The number of halogens is 1. The molecular weight excluding hydrogens is 413 g/mol. The first-order valence-corrected chi connectivity index (χ1v) is 11.4. The fourth-order valence-electron chi connectivity index (χ4n) is 3.17. The van der Waals surface area contributed by atoms with Gasteiger partial charge in [-0.1, -0.05) is 30.4 Å². The van der Waals surface area contributed by atoms with Crippen molar-refractivity contribution in [2.45, 2.75) is 19.0 Å². The number of nitrogens with zero attached hydrogens (tertiary/aromatic N) is 2. The molecule has 0 radical (unpaired) electrons. The highest BCUT2D eigenvalue weighted by molar-refractivity contribution is 7.98. The summed E-state index contributed by atoms with van der Waals surface area (Å²) in [4.78, 5) is 17.0. The second-order valence-electron chi connectivity index (χ2n) is 7.11. The van der Waals surface area contributed by atoms with E-state index >= 15 is 0 Å². The zero-order chi connectivity index (χ0) is 22.1. The Morgan fingerprint density at radius 2 is 2.10 bits per heavy atom. The summed E-state index contributed by atoms with van der Waals surface area (Å²) >= 11 is 1.67. The van der Waals surface area contributed by atoms with Crippen molar-refractivity contribution in [3.05, 3.63) is 84.2 Å². The summed E-state index contributed by atoms with van der Waals surface area (Å²) in [6.45, 7) is 0.564. The normalized spacial score (nSPS) is 12.2. The minimum Gasteiger partial charge on any atom is -0.394 e. The molecule has 0 bridgehead atoms. The largest absolute Gasteiger partial charge is 0.394 e. The number of amides is 1. The number of carbonyl (C=O) groups is 1. The maximum Gasteiger partial charge on any atom is 0.252 e. The molecule has 0 aliphatic rings. The van der Waals surface area contributed by atoms with Gasteiger partial charge in [-0.25, -0.2) is 9.37 Å². The molecule has 3 rings (SSSR count). The Hall–Kier alpha value is -2.90. The van der Waals surface area contributed by atoms with Crippen molar-refractivity contribution in [3.63, 3.8) is 0 Å². The monoisotopic (exact) mass is 439 g/mol. The summed E-state index contributed by atoms with van der Waals surface area (Å²) in [5.41, 5.74) is 2.88. The van der Waals surface area contributed by atoms with Crippen LogP contribution in [0, 0.1) is 5.82 Å². The molecule has 2 aromatic carbocycles. The third kappa shape index (κ3) is 6.54. The first-order valence-electron chi connectivity index (χ1n) is 10.0. The summed E-state index contributed by atoms with van der Waals surface area (Å²) < 4.78 is 15.4. The number of hydrogen-bond acceptors (Lipinski definition) is 4. The lowest BCUT2D eigenvalue weighted by Gasteiger charge is -2.18. The van der Waals surface area contributed by atoms with E-state index in [-0.39, 0.29) is 24.4 Å². The summed E-state index contributed by atoms with van der Waals surface area (Å²) in [6.07, 6.45) is 12.0. The number of imidazole rings is 1. The number of aliphatic hydroxyl groups excluding tert-OH is 1. The molecule has 0 fully saturated rings.